The van der Waals surface area contributed by atoms with Crippen LogP contribution >= 0.6 is 15.9 Å². The molecule has 0 saturated carbocycles. The summed E-state index contributed by atoms with van der Waals surface area (Å²) in [6, 6.07) is 7.69. The van der Waals surface area contributed by atoms with Crippen molar-refractivity contribution in [3.63, 3.8) is 0 Å². The van der Waals surface area contributed by atoms with Gasteiger partial charge in [0.2, 0.25) is 0 Å². The zero-order valence-corrected chi connectivity index (χ0v) is 7.76. The normalized spacial score (nSPS) is 10.4. The summed E-state index contributed by atoms with van der Waals surface area (Å²) in [5.41, 5.74) is 1.59. The van der Waals surface area contributed by atoms with Crippen molar-refractivity contribution < 1.29 is 4.79 Å². The molecule has 0 saturated heterocycles. The topological polar surface area (TPSA) is 32.9 Å². The van der Waals surface area contributed by atoms with Gasteiger partial charge < -0.3 is 4.98 Å². The van der Waals surface area contributed by atoms with Gasteiger partial charge in [-0.2, -0.15) is 0 Å². The minimum Gasteiger partial charge on any atom is -0.352 e. The van der Waals surface area contributed by atoms with E-state index in [0.29, 0.717) is 5.69 Å². The number of aldehydes is 1. The van der Waals surface area contributed by atoms with Crippen LogP contribution in [0.5, 0.6) is 0 Å². The van der Waals surface area contributed by atoms with Gasteiger partial charge in [-0.3, -0.25) is 4.79 Å². The van der Waals surface area contributed by atoms with E-state index in [1.165, 1.54) is 0 Å². The first-order chi connectivity index (χ1) is 5.79. The van der Waals surface area contributed by atoms with Crippen LogP contribution in [0.25, 0.3) is 10.9 Å². The highest BCUT2D eigenvalue weighted by Crippen LogP contribution is 2.19. The molecule has 1 N–H and O–H groups in total. The lowest BCUT2D eigenvalue weighted by Gasteiger charge is -1.89. The third kappa shape index (κ3) is 1.16. The highest BCUT2D eigenvalue weighted by atomic mass is 79.9. The lowest BCUT2D eigenvalue weighted by Crippen LogP contribution is -1.74. The molecular formula is C9H6BrNO. The van der Waals surface area contributed by atoms with E-state index in [1.54, 1.807) is 0 Å². The molecule has 3 heteroatoms. The maximum Gasteiger partial charge on any atom is 0.166 e. The smallest absolute Gasteiger partial charge is 0.166 e. The van der Waals surface area contributed by atoms with Crippen molar-refractivity contribution in [1.82, 2.24) is 4.98 Å². The van der Waals surface area contributed by atoms with Crippen molar-refractivity contribution in [3.05, 3.63) is 34.4 Å². The van der Waals surface area contributed by atoms with Crippen molar-refractivity contribution in [2.24, 2.45) is 0 Å². The summed E-state index contributed by atoms with van der Waals surface area (Å²) in [4.78, 5) is 13.4. The highest BCUT2D eigenvalue weighted by Gasteiger charge is 1.98. The summed E-state index contributed by atoms with van der Waals surface area (Å²) in [6.07, 6.45) is 0.813. The average molecular weight is 224 g/mol. The third-order valence-electron chi connectivity index (χ3n) is 1.73. The number of H-pyrrole nitrogens is 1. The minimum absolute atomic E-state index is 0.614. The molecule has 0 spiro atoms. The van der Waals surface area contributed by atoms with Crippen LogP contribution < -0.4 is 0 Å². The van der Waals surface area contributed by atoms with E-state index < -0.39 is 0 Å². The number of benzene rings is 1. The predicted octanol–water partition coefficient (Wildman–Crippen LogP) is 2.74. The molecule has 1 heterocycles. The van der Waals surface area contributed by atoms with E-state index in [2.05, 4.69) is 20.9 Å². The summed E-state index contributed by atoms with van der Waals surface area (Å²) < 4.78 is 1.01. The second-order valence-corrected chi connectivity index (χ2v) is 3.49. The van der Waals surface area contributed by atoms with Gasteiger partial charge in [-0.05, 0) is 18.2 Å². The summed E-state index contributed by atoms with van der Waals surface area (Å²) in [6.45, 7) is 0. The van der Waals surface area contributed by atoms with Crippen LogP contribution in [-0.2, 0) is 0 Å². The van der Waals surface area contributed by atoms with E-state index in [4.69, 9.17) is 0 Å². The first-order valence-corrected chi connectivity index (χ1v) is 4.32. The molecule has 2 aromatic rings. The molecule has 12 heavy (non-hydrogen) atoms. The van der Waals surface area contributed by atoms with Gasteiger partial charge in [-0.15, -0.1) is 0 Å². The molecule has 0 aliphatic rings. The quantitative estimate of drug-likeness (QED) is 0.742. The predicted molar refractivity (Wildman–Crippen MR) is 51.4 cm³/mol. The number of aromatic nitrogens is 1. The monoisotopic (exact) mass is 223 g/mol. The Morgan fingerprint density at radius 2 is 2.17 bits per heavy atom. The Morgan fingerprint density at radius 1 is 1.33 bits per heavy atom. The molecule has 0 aliphatic heterocycles. The van der Waals surface area contributed by atoms with Crippen LogP contribution in [0.3, 0.4) is 0 Å². The van der Waals surface area contributed by atoms with Crippen molar-refractivity contribution in [3.8, 4) is 0 Å². The van der Waals surface area contributed by atoms with E-state index in [-0.39, 0.29) is 0 Å². The Kier molecular flexibility index (Phi) is 1.73. The largest absolute Gasteiger partial charge is 0.352 e. The molecule has 0 bridgehead atoms. The lowest BCUT2D eigenvalue weighted by atomic mass is 10.2. The Hall–Kier alpha value is -1.09. The SMILES string of the molecule is O=Cc1cc2ccc(Br)cc2[nH]1. The minimum atomic E-state index is 0.614. The number of aromatic amines is 1. The molecule has 1 aromatic heterocycles. The Labute approximate surface area is 77.7 Å². The van der Waals surface area contributed by atoms with E-state index in [9.17, 15) is 4.79 Å². The van der Waals surface area contributed by atoms with Crippen molar-refractivity contribution >= 4 is 33.1 Å². The number of hydrogen-bond acceptors (Lipinski definition) is 1. The average Bonchev–Trinajstić information content (AvgIpc) is 2.46. The fraction of sp³-hybridized carbons (Fsp3) is 0. The summed E-state index contributed by atoms with van der Waals surface area (Å²) >= 11 is 3.36. The molecule has 0 radical (unpaired) electrons. The zero-order chi connectivity index (χ0) is 8.55. The lowest BCUT2D eigenvalue weighted by molar-refractivity contribution is 0.112. The van der Waals surface area contributed by atoms with Gasteiger partial charge in [0.25, 0.3) is 0 Å². The number of fused-ring (bicyclic) bond motifs is 1. The van der Waals surface area contributed by atoms with Gasteiger partial charge >= 0.3 is 0 Å². The van der Waals surface area contributed by atoms with Gasteiger partial charge in [0.05, 0.1) is 5.69 Å². The van der Waals surface area contributed by atoms with Crippen molar-refractivity contribution in [2.75, 3.05) is 0 Å². The first kappa shape index (κ1) is 7.55. The first-order valence-electron chi connectivity index (χ1n) is 3.53. The molecule has 2 nitrogen and oxygen atoms in total. The number of carbonyl (C=O) groups is 1. The molecule has 0 fully saturated rings. The van der Waals surface area contributed by atoms with Crippen LogP contribution in [0.1, 0.15) is 10.5 Å². The Bertz CT molecular complexity index is 433. The zero-order valence-electron chi connectivity index (χ0n) is 6.17. The summed E-state index contributed by atoms with van der Waals surface area (Å²) in [7, 11) is 0. The summed E-state index contributed by atoms with van der Waals surface area (Å²) in [5.74, 6) is 0. The van der Waals surface area contributed by atoms with Gasteiger partial charge in [0.1, 0.15) is 0 Å². The second-order valence-electron chi connectivity index (χ2n) is 2.57. The van der Waals surface area contributed by atoms with Crippen LogP contribution in [-0.4, -0.2) is 11.3 Å². The molecule has 0 atom stereocenters. The number of rotatable bonds is 1. The van der Waals surface area contributed by atoms with E-state index in [0.717, 1.165) is 21.7 Å². The van der Waals surface area contributed by atoms with Gasteiger partial charge in [-0.25, -0.2) is 0 Å². The van der Waals surface area contributed by atoms with Crippen LogP contribution in [0, 0.1) is 0 Å². The third-order valence-corrected chi connectivity index (χ3v) is 2.23. The number of nitrogens with one attached hydrogen (secondary N) is 1. The second kappa shape index (κ2) is 2.75. The van der Waals surface area contributed by atoms with Gasteiger partial charge in [0, 0.05) is 15.4 Å². The molecule has 2 rings (SSSR count). The van der Waals surface area contributed by atoms with Crippen molar-refractivity contribution in [1.29, 1.82) is 0 Å². The fourth-order valence-electron chi connectivity index (χ4n) is 1.19. The molecular weight excluding hydrogens is 218 g/mol. The van der Waals surface area contributed by atoms with Crippen LogP contribution in [0.15, 0.2) is 28.7 Å². The standard InChI is InChI=1S/C9H6BrNO/c10-7-2-1-6-3-8(5-12)11-9(6)4-7/h1-5,11H. The van der Waals surface area contributed by atoms with Gasteiger partial charge in [0.15, 0.2) is 6.29 Å². The van der Waals surface area contributed by atoms with E-state index in [1.807, 2.05) is 24.3 Å². The van der Waals surface area contributed by atoms with Crippen LogP contribution in [0.4, 0.5) is 0 Å². The number of halogens is 1. The fourth-order valence-corrected chi connectivity index (χ4v) is 1.55. The van der Waals surface area contributed by atoms with Crippen LogP contribution in [0.2, 0.25) is 0 Å². The molecule has 0 unspecified atom stereocenters. The number of hydrogen-bond donors (Lipinski definition) is 1. The maximum absolute atomic E-state index is 10.4. The Morgan fingerprint density at radius 3 is 2.92 bits per heavy atom. The van der Waals surface area contributed by atoms with Crippen molar-refractivity contribution in [2.45, 2.75) is 0 Å². The maximum atomic E-state index is 10.4. The number of carbonyl (C=O) groups excluding carboxylic acids is 1. The molecule has 0 aliphatic carbocycles. The molecule has 60 valence electrons. The highest BCUT2D eigenvalue weighted by molar-refractivity contribution is 9.10. The summed E-state index contributed by atoms with van der Waals surface area (Å²) in [5, 5.41) is 1.06. The molecule has 1 aromatic carbocycles. The van der Waals surface area contributed by atoms with Gasteiger partial charge in [-0.1, -0.05) is 22.0 Å². The van der Waals surface area contributed by atoms with E-state index >= 15 is 0 Å². The molecule has 0 amide bonds. The Balaban J connectivity index is 2.75.